The van der Waals surface area contributed by atoms with Gasteiger partial charge in [0.2, 0.25) is 0 Å². The fourth-order valence-corrected chi connectivity index (χ4v) is 2.27. The van der Waals surface area contributed by atoms with Crippen molar-refractivity contribution < 1.29 is 9.05 Å². The molecule has 0 radical (unpaired) electrons. The van der Waals surface area contributed by atoms with Crippen LogP contribution in [0.25, 0.3) is 0 Å². The van der Waals surface area contributed by atoms with Crippen molar-refractivity contribution in [2.24, 2.45) is 0 Å². The molecule has 0 aromatic rings. The summed E-state index contributed by atoms with van der Waals surface area (Å²) in [4.78, 5) is 0. The van der Waals surface area contributed by atoms with Gasteiger partial charge < -0.3 is 0 Å². The van der Waals surface area contributed by atoms with Gasteiger partial charge in [0.1, 0.15) is 0 Å². The summed E-state index contributed by atoms with van der Waals surface area (Å²) in [6, 6.07) is 0. The van der Waals surface area contributed by atoms with Gasteiger partial charge in [-0.25, -0.2) is 0 Å². The van der Waals surface area contributed by atoms with Gasteiger partial charge in [-0.05, 0) is 0 Å². The molecule has 0 atom stereocenters. The van der Waals surface area contributed by atoms with Crippen LogP contribution >= 0.6 is 30.6 Å². The van der Waals surface area contributed by atoms with Crippen LogP contribution in [-0.2, 0) is 9.05 Å². The van der Waals surface area contributed by atoms with Crippen molar-refractivity contribution in [3.63, 3.8) is 0 Å². The number of thiol groups is 2. The quantitative estimate of drug-likeness (QED) is 0.409. The molecule has 2 nitrogen and oxygen atoms in total. The molecule has 0 bridgehead atoms. The predicted octanol–water partition coefficient (Wildman–Crippen LogP) is 1.30. The fraction of sp³-hybridized carbons (Fsp3) is 1.00. The van der Waals surface area contributed by atoms with E-state index in [1.165, 1.54) is 0 Å². The summed E-state index contributed by atoms with van der Waals surface area (Å²) >= 11 is 8.02. The van der Waals surface area contributed by atoms with Crippen molar-refractivity contribution in [1.82, 2.24) is 0 Å². The van der Waals surface area contributed by atoms with E-state index in [-0.39, 0.29) is 0 Å². The van der Waals surface area contributed by atoms with Gasteiger partial charge in [-0.1, -0.05) is 0 Å². The predicted molar refractivity (Wildman–Crippen MR) is 38.2 cm³/mol. The minimum atomic E-state index is -2.15. The van der Waals surface area contributed by atoms with Gasteiger partial charge in [0.15, 0.2) is 0 Å². The Bertz CT molecular complexity index is 68.1. The van der Waals surface area contributed by atoms with E-state index in [0.29, 0.717) is 13.2 Å². The Morgan fingerprint density at radius 1 is 1.14 bits per heavy atom. The van der Waals surface area contributed by atoms with E-state index in [4.69, 9.17) is 9.05 Å². The second-order valence-electron chi connectivity index (χ2n) is 1.25. The third kappa shape index (κ3) is 1.78. The molecule has 1 aliphatic heterocycles. The van der Waals surface area contributed by atoms with E-state index in [9.17, 15) is 0 Å². The number of hydrogen-bond donors (Lipinski definition) is 2. The van der Waals surface area contributed by atoms with Crippen LogP contribution in [0.15, 0.2) is 0 Å². The Hall–Kier alpha value is 1.05. The van der Waals surface area contributed by atoms with Crippen LogP contribution < -0.4 is 0 Å². The first-order valence-electron chi connectivity index (χ1n) is 1.93. The van der Waals surface area contributed by atoms with E-state index in [2.05, 4.69) is 24.5 Å². The van der Waals surface area contributed by atoms with Crippen molar-refractivity contribution in [2.45, 2.75) is 0 Å². The molecule has 1 aliphatic rings. The van der Waals surface area contributed by atoms with Crippen LogP contribution in [0.3, 0.4) is 0 Å². The molecule has 5 heteroatoms. The van der Waals surface area contributed by atoms with Gasteiger partial charge in [0.25, 0.3) is 0 Å². The fourth-order valence-electron chi connectivity index (χ4n) is 0.391. The summed E-state index contributed by atoms with van der Waals surface area (Å²) in [5, 5.41) is 0. The van der Waals surface area contributed by atoms with Crippen molar-refractivity contribution >= 4 is 30.6 Å². The zero-order valence-corrected chi connectivity index (χ0v) is 6.41. The van der Waals surface area contributed by atoms with E-state index in [1.54, 1.807) is 0 Å². The molecule has 1 fully saturated rings. The first kappa shape index (κ1) is 6.17. The molecular weight excluding hydrogens is 151 g/mol. The SMILES string of the molecule is S[PH]1(S)OCCO1. The van der Waals surface area contributed by atoms with Gasteiger partial charge in [-0.2, -0.15) is 0 Å². The van der Waals surface area contributed by atoms with E-state index < -0.39 is 6.12 Å². The molecule has 0 aromatic heterocycles. The molecule has 1 heterocycles. The zero-order chi connectivity index (χ0) is 5.33. The summed E-state index contributed by atoms with van der Waals surface area (Å²) in [6.07, 6.45) is -2.15. The Morgan fingerprint density at radius 2 is 1.57 bits per heavy atom. The third-order valence-electron chi connectivity index (χ3n) is 0.664. The van der Waals surface area contributed by atoms with Gasteiger partial charge in [0.05, 0.1) is 0 Å². The van der Waals surface area contributed by atoms with Crippen LogP contribution in [0.4, 0.5) is 0 Å². The summed E-state index contributed by atoms with van der Waals surface area (Å²) < 4.78 is 9.97. The molecule has 0 aliphatic carbocycles. The van der Waals surface area contributed by atoms with E-state index >= 15 is 0 Å². The third-order valence-corrected chi connectivity index (χ3v) is 3.37. The van der Waals surface area contributed by atoms with Crippen LogP contribution in [-0.4, -0.2) is 13.2 Å². The zero-order valence-electron chi connectivity index (χ0n) is 3.63. The molecule has 0 spiro atoms. The Labute approximate surface area is 53.4 Å². The molecule has 7 heavy (non-hydrogen) atoms. The molecule has 44 valence electrons. The number of hydrogen-bond acceptors (Lipinski definition) is 4. The molecular formula is C2H7O2PS2. The standard InChI is InChI=1S/C2H7O2PS2/c6-5(7)3-1-2-4-5/h5-7H,1-2H2. The van der Waals surface area contributed by atoms with Gasteiger partial charge in [-0.15, -0.1) is 0 Å². The van der Waals surface area contributed by atoms with Gasteiger partial charge in [0, 0.05) is 0 Å². The summed E-state index contributed by atoms with van der Waals surface area (Å²) in [7, 11) is 0. The molecule has 0 unspecified atom stereocenters. The number of rotatable bonds is 0. The maximum absolute atomic E-state index is 4.99. The van der Waals surface area contributed by atoms with Crippen molar-refractivity contribution in [1.29, 1.82) is 0 Å². The van der Waals surface area contributed by atoms with E-state index in [0.717, 1.165) is 0 Å². The molecule has 0 aromatic carbocycles. The Kier molecular flexibility index (Phi) is 1.86. The Balaban J connectivity index is 2.40. The topological polar surface area (TPSA) is 18.5 Å². The van der Waals surface area contributed by atoms with Crippen LogP contribution in [0.2, 0.25) is 0 Å². The molecule has 0 saturated carbocycles. The molecule has 1 saturated heterocycles. The first-order valence-corrected chi connectivity index (χ1v) is 6.33. The Morgan fingerprint density at radius 3 is 1.71 bits per heavy atom. The average molecular weight is 158 g/mol. The van der Waals surface area contributed by atoms with Crippen molar-refractivity contribution in [3.05, 3.63) is 0 Å². The normalized spacial score (nSPS) is 32.9. The second kappa shape index (κ2) is 2.11. The van der Waals surface area contributed by atoms with Crippen LogP contribution in [0, 0.1) is 0 Å². The van der Waals surface area contributed by atoms with Crippen molar-refractivity contribution in [2.75, 3.05) is 13.2 Å². The van der Waals surface area contributed by atoms with Crippen LogP contribution in [0.1, 0.15) is 0 Å². The maximum atomic E-state index is 4.99. The molecule has 0 N–H and O–H groups in total. The minimum absolute atomic E-state index is 0.652. The van der Waals surface area contributed by atoms with E-state index in [1.807, 2.05) is 0 Å². The first-order chi connectivity index (χ1) is 3.21. The van der Waals surface area contributed by atoms with Crippen molar-refractivity contribution in [3.8, 4) is 0 Å². The summed E-state index contributed by atoms with van der Waals surface area (Å²) in [6.45, 7) is 1.30. The van der Waals surface area contributed by atoms with Gasteiger partial charge in [-0.3, -0.25) is 0 Å². The molecule has 0 amide bonds. The second-order valence-corrected chi connectivity index (χ2v) is 7.51. The monoisotopic (exact) mass is 158 g/mol. The average Bonchev–Trinajstić information content (AvgIpc) is 1.84. The van der Waals surface area contributed by atoms with Crippen LogP contribution in [0.5, 0.6) is 0 Å². The molecule has 1 rings (SSSR count). The summed E-state index contributed by atoms with van der Waals surface area (Å²) in [5.41, 5.74) is 0. The summed E-state index contributed by atoms with van der Waals surface area (Å²) in [5.74, 6) is 0. The van der Waals surface area contributed by atoms with Gasteiger partial charge >= 0.3 is 52.9 Å².